The summed E-state index contributed by atoms with van der Waals surface area (Å²) >= 11 is 0. The Morgan fingerprint density at radius 2 is 0.600 bits per heavy atom. The van der Waals surface area contributed by atoms with Crippen molar-refractivity contribution < 1.29 is 114 Å². The van der Waals surface area contributed by atoms with E-state index in [2.05, 4.69) is 0 Å². The minimum Gasteiger partial charge on any atom is -0.811 e. The maximum atomic E-state index is 9.47. The monoisotopic (exact) mass is 602 g/mol. The predicted octanol–water partition coefficient (Wildman–Crippen LogP) is -3.24. The summed E-state index contributed by atoms with van der Waals surface area (Å²) in [5, 5.41) is 0. The van der Waals surface area contributed by atoms with Gasteiger partial charge in [0.15, 0.2) is 0 Å². The number of rotatable bonds is 3. The van der Waals surface area contributed by atoms with Crippen LogP contribution in [-0.2, 0) is 13.7 Å². The molecule has 0 bridgehead atoms. The van der Waals surface area contributed by atoms with Crippen molar-refractivity contribution in [3.8, 4) is 0 Å². The Balaban J connectivity index is -0.0000000536. The van der Waals surface area contributed by atoms with Crippen molar-refractivity contribution in [1.29, 1.82) is 0 Å². The third kappa shape index (κ3) is 58.5. The standard InChI is InChI=1S/3C2H7O3P.2La/c3*1-2-6(3,4)5;;/h3*2H2,1H3,(H2,3,4,5);;/q;;;2*+3/p-6. The molecule has 0 saturated heterocycles. The molecular weight excluding hydrogens is 587 g/mol. The minimum absolute atomic E-state index is 0. The Morgan fingerprint density at radius 3 is 0.600 bits per heavy atom. The van der Waals surface area contributed by atoms with Gasteiger partial charge in [-0.1, -0.05) is 43.6 Å². The molecule has 0 rings (SSSR count). The van der Waals surface area contributed by atoms with Gasteiger partial charge in [0.25, 0.3) is 0 Å². The van der Waals surface area contributed by atoms with Crippen molar-refractivity contribution in [2.24, 2.45) is 0 Å². The van der Waals surface area contributed by atoms with Gasteiger partial charge in [-0.3, -0.25) is 0 Å². The average Bonchev–Trinajstić information content (AvgIpc) is 2.16. The summed E-state index contributed by atoms with van der Waals surface area (Å²) in [4.78, 5) is 56.8. The fraction of sp³-hybridized carbons (Fsp3) is 1.00. The Hall–Kier alpha value is 2.84. The van der Waals surface area contributed by atoms with Crippen LogP contribution in [0.1, 0.15) is 20.8 Å². The van der Waals surface area contributed by atoms with Crippen LogP contribution >= 0.6 is 22.8 Å². The van der Waals surface area contributed by atoms with Gasteiger partial charge in [0.1, 0.15) is 0 Å². The van der Waals surface area contributed by atoms with Crippen LogP contribution in [0, 0.1) is 71.2 Å². The Morgan fingerprint density at radius 1 is 0.550 bits per heavy atom. The molecule has 0 aliphatic carbocycles. The summed E-state index contributed by atoms with van der Waals surface area (Å²) in [5.41, 5.74) is 0. The zero-order chi connectivity index (χ0) is 15.6. The second kappa shape index (κ2) is 16.7. The number of hydrogen-bond donors (Lipinski definition) is 0. The molecule has 0 aromatic heterocycles. The first-order valence-corrected chi connectivity index (χ1v) is 9.90. The van der Waals surface area contributed by atoms with Crippen molar-refractivity contribution in [3.63, 3.8) is 0 Å². The van der Waals surface area contributed by atoms with Gasteiger partial charge in [0, 0.05) is 0 Å². The molecule has 0 aliphatic rings. The van der Waals surface area contributed by atoms with E-state index in [9.17, 15) is 43.1 Å². The van der Waals surface area contributed by atoms with E-state index in [1.807, 2.05) is 0 Å². The molecule has 0 aliphatic heterocycles. The first-order valence-electron chi connectivity index (χ1n) is 4.71. The van der Waals surface area contributed by atoms with E-state index in [-0.39, 0.29) is 89.7 Å². The fourth-order valence-corrected chi connectivity index (χ4v) is 0. The van der Waals surface area contributed by atoms with Gasteiger partial charge in [0.2, 0.25) is 0 Å². The van der Waals surface area contributed by atoms with Crippen LogP contribution < -0.4 is 29.4 Å². The Kier molecular flexibility index (Phi) is 28.6. The second-order valence-electron chi connectivity index (χ2n) is 2.78. The Bertz CT molecular complexity index is 280. The van der Waals surface area contributed by atoms with Gasteiger partial charge in [-0.15, -0.1) is 0 Å². The quantitative estimate of drug-likeness (QED) is 0.299. The normalized spacial score (nSPS) is 10.7. The summed E-state index contributed by atoms with van der Waals surface area (Å²) in [6.45, 7) is 3.96. The maximum Gasteiger partial charge on any atom is 3.00 e. The third-order valence-electron chi connectivity index (χ3n) is 1.16. The topological polar surface area (TPSA) is 190 Å². The van der Waals surface area contributed by atoms with Crippen LogP contribution in [0.3, 0.4) is 0 Å². The summed E-state index contributed by atoms with van der Waals surface area (Å²) in [7, 11) is -12.4. The molecule has 0 atom stereocenters. The summed E-state index contributed by atoms with van der Waals surface area (Å²) < 4.78 is 28.4. The van der Waals surface area contributed by atoms with Crippen LogP contribution in [0.2, 0.25) is 0 Å². The Labute approximate surface area is 174 Å². The van der Waals surface area contributed by atoms with E-state index in [0.29, 0.717) is 0 Å². The molecule has 14 heteroatoms. The molecule has 0 radical (unpaired) electrons. The van der Waals surface area contributed by atoms with Gasteiger partial charge >= 0.3 is 71.2 Å². The first-order chi connectivity index (χ1) is 7.68. The molecule has 0 unspecified atom stereocenters. The zero-order valence-corrected chi connectivity index (χ0v) is 21.2. The van der Waals surface area contributed by atoms with E-state index in [1.165, 1.54) is 20.8 Å². The molecule has 0 aromatic carbocycles. The third-order valence-corrected chi connectivity index (χ3v) is 3.49. The molecule has 0 heterocycles. The van der Waals surface area contributed by atoms with Crippen molar-refractivity contribution in [3.05, 3.63) is 0 Å². The molecule has 0 amide bonds. The second-order valence-corrected chi connectivity index (χ2v) is 8.34. The van der Waals surface area contributed by atoms with Gasteiger partial charge in [0.05, 0.1) is 0 Å². The molecule has 114 valence electrons. The smallest absolute Gasteiger partial charge is 0.811 e. The SMILES string of the molecule is CCP(=O)([O-])[O-].CCP(=O)([O-])[O-].CCP(=O)([O-])[O-].[La+3].[La+3]. The van der Waals surface area contributed by atoms with Gasteiger partial charge in [-0.25, -0.2) is 0 Å². The predicted molar refractivity (Wildman–Crippen MR) is 54.4 cm³/mol. The van der Waals surface area contributed by atoms with E-state index in [1.54, 1.807) is 0 Å². The molecule has 20 heavy (non-hydrogen) atoms. The largest absolute Gasteiger partial charge is 3.00 e. The minimum atomic E-state index is -4.15. The average molecular weight is 602 g/mol. The molecule has 0 saturated carbocycles. The van der Waals surface area contributed by atoms with E-state index in [4.69, 9.17) is 0 Å². The first kappa shape index (κ1) is 34.2. The van der Waals surface area contributed by atoms with Gasteiger partial charge in [-0.2, -0.15) is 0 Å². The molecule has 0 aromatic rings. The van der Waals surface area contributed by atoms with Crippen LogP contribution in [0.4, 0.5) is 0 Å². The van der Waals surface area contributed by atoms with Crippen molar-refractivity contribution in [1.82, 2.24) is 0 Å². The van der Waals surface area contributed by atoms with E-state index >= 15 is 0 Å². The maximum absolute atomic E-state index is 9.47. The van der Waals surface area contributed by atoms with Gasteiger partial charge < -0.3 is 43.1 Å². The van der Waals surface area contributed by atoms with Crippen LogP contribution in [-0.4, -0.2) is 18.5 Å². The van der Waals surface area contributed by atoms with Crippen LogP contribution in [0.25, 0.3) is 0 Å². The summed E-state index contributed by atoms with van der Waals surface area (Å²) in [5.74, 6) is 0. The zero-order valence-electron chi connectivity index (χ0n) is 11.3. The molecule has 0 fully saturated rings. The van der Waals surface area contributed by atoms with E-state index < -0.39 is 22.8 Å². The number of hydrogen-bond acceptors (Lipinski definition) is 9. The molecule has 9 nitrogen and oxygen atoms in total. The van der Waals surface area contributed by atoms with Gasteiger partial charge in [-0.05, 0) is 18.5 Å². The van der Waals surface area contributed by atoms with Crippen molar-refractivity contribution in [2.45, 2.75) is 20.8 Å². The van der Waals surface area contributed by atoms with Crippen molar-refractivity contribution >= 4 is 22.8 Å². The molecule has 0 spiro atoms. The summed E-state index contributed by atoms with van der Waals surface area (Å²) in [6.07, 6.45) is -0.854. The van der Waals surface area contributed by atoms with Crippen molar-refractivity contribution in [2.75, 3.05) is 18.5 Å². The molecule has 0 N–H and O–H groups in total. The molecular formula is C6H15La2O9P3. The summed E-state index contributed by atoms with van der Waals surface area (Å²) in [6, 6.07) is 0. The fourth-order valence-electron chi connectivity index (χ4n) is 0. The van der Waals surface area contributed by atoms with E-state index in [0.717, 1.165) is 0 Å². The van der Waals surface area contributed by atoms with Crippen LogP contribution in [0.15, 0.2) is 0 Å². The van der Waals surface area contributed by atoms with Crippen LogP contribution in [0.5, 0.6) is 0 Å².